The predicted molar refractivity (Wildman–Crippen MR) is 130 cm³/mol. The molecule has 1 aliphatic carbocycles. The van der Waals surface area contributed by atoms with Crippen LogP contribution in [0, 0.1) is 0 Å². The van der Waals surface area contributed by atoms with Crippen LogP contribution < -0.4 is 24.3 Å². The summed E-state index contributed by atoms with van der Waals surface area (Å²) in [7, 11) is 6.80. The molecule has 2 aromatic carbocycles. The van der Waals surface area contributed by atoms with Crippen molar-refractivity contribution in [2.75, 3.05) is 35.0 Å². The number of hydrogen-bond acceptors (Lipinski definition) is 5. The molecule has 0 radical (unpaired) electrons. The summed E-state index contributed by atoms with van der Waals surface area (Å²) in [5.41, 5.74) is 4.29. The summed E-state index contributed by atoms with van der Waals surface area (Å²) in [5.74, 6) is 3.20. The van der Waals surface area contributed by atoms with Crippen LogP contribution >= 0.6 is 12.4 Å². The summed E-state index contributed by atoms with van der Waals surface area (Å²) in [6.07, 6.45) is 8.38. The largest absolute Gasteiger partial charge is 0.493 e. The highest BCUT2D eigenvalue weighted by molar-refractivity contribution is 5.85. The molecule has 5 nitrogen and oxygen atoms in total. The van der Waals surface area contributed by atoms with Crippen molar-refractivity contribution in [3.63, 3.8) is 0 Å². The number of fused-ring (bicyclic) bond motifs is 2. The van der Waals surface area contributed by atoms with Gasteiger partial charge in [-0.3, -0.25) is 0 Å². The average Bonchev–Trinajstić information content (AvgIpc) is 2.83. The molecular weight excluding hydrogens is 426 g/mol. The van der Waals surface area contributed by atoms with Gasteiger partial charge in [0, 0.05) is 18.0 Å². The zero-order chi connectivity index (χ0) is 21.8. The van der Waals surface area contributed by atoms with E-state index in [0.29, 0.717) is 0 Å². The number of aryl methyl sites for hydroxylation is 1. The number of ether oxygens (including phenoxy) is 4. The van der Waals surface area contributed by atoms with E-state index >= 15 is 0 Å². The average molecular weight is 462 g/mol. The standard InChI is InChI=1S/C26H35NO4.ClH/c1-28-22-11-9-18(14-23(22)29-2)8-10-21-19-15-24(30-3)25(31-4)16-20(19)26(17-27-21)12-6-5-7-13-26;/h9,11,14-16,21,27H,5-8,10,12-13,17H2,1-4H3;1H. The molecule has 2 aromatic rings. The van der Waals surface area contributed by atoms with Gasteiger partial charge < -0.3 is 24.3 Å². The zero-order valence-corrected chi connectivity index (χ0v) is 20.5. The Morgan fingerprint density at radius 2 is 1.44 bits per heavy atom. The van der Waals surface area contributed by atoms with Crippen LogP contribution in [0.5, 0.6) is 23.0 Å². The minimum atomic E-state index is 0. The second kappa shape index (κ2) is 10.7. The first-order chi connectivity index (χ1) is 15.1. The Bertz CT molecular complexity index is 911. The van der Waals surface area contributed by atoms with Crippen molar-refractivity contribution in [2.24, 2.45) is 0 Å². The minimum Gasteiger partial charge on any atom is -0.493 e. The van der Waals surface area contributed by atoms with Gasteiger partial charge in [-0.1, -0.05) is 25.3 Å². The van der Waals surface area contributed by atoms with Crippen LogP contribution in [0.15, 0.2) is 30.3 Å². The van der Waals surface area contributed by atoms with Gasteiger partial charge in [-0.15, -0.1) is 12.4 Å². The van der Waals surface area contributed by atoms with Crippen molar-refractivity contribution in [3.05, 3.63) is 47.0 Å². The summed E-state index contributed by atoms with van der Waals surface area (Å²) in [5, 5.41) is 3.89. The normalized spacial score (nSPS) is 18.9. The number of hydrogen-bond donors (Lipinski definition) is 1. The number of rotatable bonds is 7. The van der Waals surface area contributed by atoms with Gasteiger partial charge in [-0.05, 0) is 66.6 Å². The highest BCUT2D eigenvalue weighted by atomic mass is 35.5. The van der Waals surface area contributed by atoms with Crippen molar-refractivity contribution in [3.8, 4) is 23.0 Å². The molecule has 1 heterocycles. The summed E-state index contributed by atoms with van der Waals surface area (Å²) < 4.78 is 22.2. The Labute approximate surface area is 198 Å². The molecular formula is C26H36ClNO4. The molecule has 1 spiro atoms. The van der Waals surface area contributed by atoms with Crippen LogP contribution in [0.4, 0.5) is 0 Å². The molecule has 1 saturated carbocycles. The Hall–Kier alpha value is -2.11. The van der Waals surface area contributed by atoms with E-state index < -0.39 is 0 Å². The molecule has 1 N–H and O–H groups in total. The summed E-state index contributed by atoms with van der Waals surface area (Å²) in [6.45, 7) is 1.03. The van der Waals surface area contributed by atoms with Crippen molar-refractivity contribution in [1.82, 2.24) is 5.32 Å². The maximum atomic E-state index is 5.68. The molecule has 32 heavy (non-hydrogen) atoms. The van der Waals surface area contributed by atoms with Crippen LogP contribution in [0.25, 0.3) is 0 Å². The molecule has 0 amide bonds. The lowest BCUT2D eigenvalue weighted by molar-refractivity contribution is 0.242. The number of benzene rings is 2. The van der Waals surface area contributed by atoms with E-state index in [-0.39, 0.29) is 23.9 Å². The maximum absolute atomic E-state index is 5.68. The number of nitrogens with one attached hydrogen (secondary N) is 1. The molecule has 1 atom stereocenters. The smallest absolute Gasteiger partial charge is 0.161 e. The quantitative estimate of drug-likeness (QED) is 0.579. The van der Waals surface area contributed by atoms with Gasteiger partial charge >= 0.3 is 0 Å². The third kappa shape index (κ3) is 4.65. The van der Waals surface area contributed by atoms with Crippen LogP contribution in [0.3, 0.4) is 0 Å². The first-order valence-electron chi connectivity index (χ1n) is 11.3. The second-order valence-electron chi connectivity index (χ2n) is 8.80. The summed E-state index contributed by atoms with van der Waals surface area (Å²) in [4.78, 5) is 0. The van der Waals surface area contributed by atoms with Gasteiger partial charge in [-0.2, -0.15) is 0 Å². The molecule has 6 heteroatoms. The van der Waals surface area contributed by atoms with Crippen LogP contribution in [-0.2, 0) is 11.8 Å². The van der Waals surface area contributed by atoms with E-state index in [1.54, 1.807) is 28.4 Å². The zero-order valence-electron chi connectivity index (χ0n) is 19.7. The lowest BCUT2D eigenvalue weighted by Gasteiger charge is -2.45. The van der Waals surface area contributed by atoms with Crippen LogP contribution in [0.1, 0.15) is 61.3 Å². The Morgan fingerprint density at radius 1 is 0.812 bits per heavy atom. The second-order valence-corrected chi connectivity index (χ2v) is 8.80. The molecule has 176 valence electrons. The lowest BCUT2D eigenvalue weighted by Crippen LogP contribution is -2.46. The van der Waals surface area contributed by atoms with E-state index in [4.69, 9.17) is 18.9 Å². The SMILES string of the molecule is COc1ccc(CCC2NCC3(CCCCC3)c3cc(OC)c(OC)cc32)cc1OC.Cl. The number of halogens is 1. The molecule has 0 bridgehead atoms. The molecule has 1 fully saturated rings. The third-order valence-electron chi connectivity index (χ3n) is 7.17. The van der Waals surface area contributed by atoms with E-state index in [1.807, 2.05) is 6.07 Å². The summed E-state index contributed by atoms with van der Waals surface area (Å²) in [6, 6.07) is 10.9. The highest BCUT2D eigenvalue weighted by Crippen LogP contribution is 2.48. The monoisotopic (exact) mass is 461 g/mol. The van der Waals surface area contributed by atoms with E-state index in [9.17, 15) is 0 Å². The van der Waals surface area contributed by atoms with Crippen molar-refractivity contribution in [2.45, 2.75) is 56.4 Å². The number of methoxy groups -OCH3 is 4. The summed E-state index contributed by atoms with van der Waals surface area (Å²) >= 11 is 0. The van der Waals surface area contributed by atoms with Gasteiger partial charge in [0.15, 0.2) is 23.0 Å². The molecule has 4 rings (SSSR count). The first-order valence-corrected chi connectivity index (χ1v) is 11.3. The van der Waals surface area contributed by atoms with Gasteiger partial charge in [0.25, 0.3) is 0 Å². The van der Waals surface area contributed by atoms with Crippen LogP contribution in [-0.4, -0.2) is 35.0 Å². The molecule has 1 aliphatic heterocycles. The third-order valence-corrected chi connectivity index (χ3v) is 7.17. The van der Waals surface area contributed by atoms with Gasteiger partial charge in [0.05, 0.1) is 28.4 Å². The van der Waals surface area contributed by atoms with Gasteiger partial charge in [0.1, 0.15) is 0 Å². The van der Waals surface area contributed by atoms with Crippen LogP contribution in [0.2, 0.25) is 0 Å². The predicted octanol–water partition coefficient (Wildman–Crippen LogP) is 5.62. The van der Waals surface area contributed by atoms with E-state index in [0.717, 1.165) is 42.4 Å². The van der Waals surface area contributed by atoms with Gasteiger partial charge in [-0.25, -0.2) is 0 Å². The van der Waals surface area contributed by atoms with Crippen molar-refractivity contribution >= 4 is 12.4 Å². The Morgan fingerprint density at radius 3 is 2.09 bits per heavy atom. The molecule has 0 saturated heterocycles. The van der Waals surface area contributed by atoms with Crippen molar-refractivity contribution < 1.29 is 18.9 Å². The Kier molecular flexibility index (Phi) is 8.18. The van der Waals surface area contributed by atoms with E-state index in [2.05, 4.69) is 29.6 Å². The fraction of sp³-hybridized carbons (Fsp3) is 0.538. The van der Waals surface area contributed by atoms with E-state index in [1.165, 1.54) is 48.8 Å². The lowest BCUT2D eigenvalue weighted by atomic mass is 9.65. The molecule has 2 aliphatic rings. The first kappa shape index (κ1) is 24.5. The highest BCUT2D eigenvalue weighted by Gasteiger charge is 2.41. The molecule has 0 aromatic heterocycles. The topological polar surface area (TPSA) is 49.0 Å². The van der Waals surface area contributed by atoms with Crippen molar-refractivity contribution in [1.29, 1.82) is 0 Å². The fourth-order valence-corrected chi connectivity index (χ4v) is 5.45. The Balaban J connectivity index is 0.00000289. The minimum absolute atomic E-state index is 0. The molecule has 1 unspecified atom stereocenters. The fourth-order valence-electron chi connectivity index (χ4n) is 5.45. The maximum Gasteiger partial charge on any atom is 0.161 e. The van der Waals surface area contributed by atoms with Gasteiger partial charge in [0.2, 0.25) is 0 Å².